The van der Waals surface area contributed by atoms with E-state index in [0.717, 1.165) is 0 Å². The molecule has 1 fully saturated rings. The van der Waals surface area contributed by atoms with Crippen molar-refractivity contribution in [3.8, 4) is 0 Å². The zero-order chi connectivity index (χ0) is 9.26. The standard InChI is InChI=1S/C12H16N/c1-10-8-9-11(2)13(10)12-6-4-3-5-7-12/h4-7,10-11H,8-9H2,1-2H3. The summed E-state index contributed by atoms with van der Waals surface area (Å²) in [7, 11) is 0. The Bertz CT molecular complexity index is 258. The Hall–Kier alpha value is -0.980. The van der Waals surface area contributed by atoms with Crippen LogP contribution in [-0.4, -0.2) is 12.1 Å². The van der Waals surface area contributed by atoms with Crippen LogP contribution in [0.25, 0.3) is 0 Å². The molecule has 1 aliphatic heterocycles. The molecule has 0 saturated carbocycles. The van der Waals surface area contributed by atoms with Gasteiger partial charge in [-0.05, 0) is 44.9 Å². The van der Waals surface area contributed by atoms with Crippen LogP contribution < -0.4 is 4.90 Å². The highest BCUT2D eigenvalue weighted by Crippen LogP contribution is 2.29. The third-order valence-electron chi connectivity index (χ3n) is 2.95. The predicted molar refractivity (Wildman–Crippen MR) is 55.9 cm³/mol. The molecule has 0 aromatic heterocycles. The average Bonchev–Trinajstić information content (AvgIpc) is 2.48. The molecule has 1 aliphatic rings. The topological polar surface area (TPSA) is 3.24 Å². The molecule has 0 bridgehead atoms. The quantitative estimate of drug-likeness (QED) is 0.632. The van der Waals surface area contributed by atoms with Crippen LogP contribution in [0, 0.1) is 6.07 Å². The molecule has 1 radical (unpaired) electrons. The van der Waals surface area contributed by atoms with Gasteiger partial charge >= 0.3 is 0 Å². The molecule has 1 heterocycles. The molecule has 2 unspecified atom stereocenters. The van der Waals surface area contributed by atoms with Crippen LogP contribution >= 0.6 is 0 Å². The minimum absolute atomic E-state index is 0.692. The maximum absolute atomic E-state index is 3.06. The van der Waals surface area contributed by atoms with Gasteiger partial charge in [0, 0.05) is 17.8 Å². The number of rotatable bonds is 1. The van der Waals surface area contributed by atoms with Crippen LogP contribution in [0.5, 0.6) is 0 Å². The van der Waals surface area contributed by atoms with Gasteiger partial charge in [-0.2, -0.15) is 0 Å². The van der Waals surface area contributed by atoms with Gasteiger partial charge in [-0.15, -0.1) is 0 Å². The van der Waals surface area contributed by atoms with Crippen LogP contribution in [0.4, 0.5) is 5.69 Å². The summed E-state index contributed by atoms with van der Waals surface area (Å²) in [6.07, 6.45) is 2.64. The van der Waals surface area contributed by atoms with Crippen molar-refractivity contribution in [1.82, 2.24) is 0 Å². The molecule has 1 aromatic carbocycles. The molecule has 1 aromatic rings. The van der Waals surface area contributed by atoms with Gasteiger partial charge in [0.25, 0.3) is 0 Å². The highest BCUT2D eigenvalue weighted by molar-refractivity contribution is 5.48. The second kappa shape index (κ2) is 3.41. The molecule has 1 heteroatoms. The largest absolute Gasteiger partial charge is 0.366 e. The van der Waals surface area contributed by atoms with E-state index in [9.17, 15) is 0 Å². The lowest BCUT2D eigenvalue weighted by molar-refractivity contribution is 0.694. The zero-order valence-electron chi connectivity index (χ0n) is 8.33. The van der Waals surface area contributed by atoms with Crippen molar-refractivity contribution < 1.29 is 0 Å². The Morgan fingerprint density at radius 1 is 1.15 bits per heavy atom. The second-order valence-corrected chi connectivity index (χ2v) is 3.94. The van der Waals surface area contributed by atoms with E-state index in [-0.39, 0.29) is 0 Å². The monoisotopic (exact) mass is 174 g/mol. The summed E-state index contributed by atoms with van der Waals surface area (Å²) in [6.45, 7) is 4.61. The number of hydrogen-bond donors (Lipinski definition) is 0. The van der Waals surface area contributed by atoms with Gasteiger partial charge in [0.05, 0.1) is 0 Å². The lowest BCUT2D eigenvalue weighted by Crippen LogP contribution is -2.32. The van der Waals surface area contributed by atoms with E-state index in [4.69, 9.17) is 0 Å². The van der Waals surface area contributed by atoms with Gasteiger partial charge in [0.1, 0.15) is 0 Å². The predicted octanol–water partition coefficient (Wildman–Crippen LogP) is 2.86. The van der Waals surface area contributed by atoms with Gasteiger partial charge in [0.2, 0.25) is 0 Å². The third kappa shape index (κ3) is 1.55. The fourth-order valence-corrected chi connectivity index (χ4v) is 2.25. The first-order valence-electron chi connectivity index (χ1n) is 5.03. The Balaban J connectivity index is 2.25. The van der Waals surface area contributed by atoms with E-state index in [0.29, 0.717) is 12.1 Å². The number of nitrogens with zero attached hydrogens (tertiary/aromatic N) is 1. The molecule has 0 spiro atoms. The van der Waals surface area contributed by atoms with Crippen LogP contribution in [-0.2, 0) is 0 Å². The van der Waals surface area contributed by atoms with Crippen molar-refractivity contribution in [2.24, 2.45) is 0 Å². The molecule has 2 atom stereocenters. The summed E-state index contributed by atoms with van der Waals surface area (Å²) in [5, 5.41) is 0. The minimum atomic E-state index is 0.692. The first-order chi connectivity index (χ1) is 6.29. The maximum atomic E-state index is 3.06. The Labute approximate surface area is 80.4 Å². The Morgan fingerprint density at radius 2 is 1.69 bits per heavy atom. The van der Waals surface area contributed by atoms with Crippen molar-refractivity contribution >= 4 is 5.69 Å². The van der Waals surface area contributed by atoms with Gasteiger partial charge in [-0.3, -0.25) is 0 Å². The van der Waals surface area contributed by atoms with E-state index < -0.39 is 0 Å². The first-order valence-corrected chi connectivity index (χ1v) is 5.03. The van der Waals surface area contributed by atoms with Crippen molar-refractivity contribution in [1.29, 1.82) is 0 Å². The summed E-state index contributed by atoms with van der Waals surface area (Å²) >= 11 is 0. The summed E-state index contributed by atoms with van der Waals surface area (Å²) in [4.78, 5) is 2.51. The first kappa shape index (κ1) is 8.61. The summed E-state index contributed by atoms with van der Waals surface area (Å²) in [5.74, 6) is 0. The van der Waals surface area contributed by atoms with Gasteiger partial charge in [0.15, 0.2) is 0 Å². The molecule has 69 valence electrons. The average molecular weight is 174 g/mol. The van der Waals surface area contributed by atoms with E-state index in [1.165, 1.54) is 18.5 Å². The molecule has 2 rings (SSSR count). The Morgan fingerprint density at radius 3 is 2.23 bits per heavy atom. The van der Waals surface area contributed by atoms with Gasteiger partial charge in [-0.1, -0.05) is 12.1 Å². The van der Waals surface area contributed by atoms with E-state index >= 15 is 0 Å². The van der Waals surface area contributed by atoms with Crippen molar-refractivity contribution in [2.75, 3.05) is 4.90 Å². The van der Waals surface area contributed by atoms with Crippen LogP contribution in [0.2, 0.25) is 0 Å². The molecule has 0 amide bonds. The minimum Gasteiger partial charge on any atom is -0.366 e. The summed E-state index contributed by atoms with van der Waals surface area (Å²) < 4.78 is 0. The lowest BCUT2D eigenvalue weighted by atomic mass is 10.2. The molecule has 1 saturated heterocycles. The van der Waals surface area contributed by atoms with Gasteiger partial charge < -0.3 is 4.90 Å². The van der Waals surface area contributed by atoms with Crippen molar-refractivity contribution in [2.45, 2.75) is 38.8 Å². The molecule has 0 aliphatic carbocycles. The van der Waals surface area contributed by atoms with Gasteiger partial charge in [-0.25, -0.2) is 0 Å². The summed E-state index contributed by atoms with van der Waals surface area (Å²) in [6, 6.07) is 12.7. The van der Waals surface area contributed by atoms with Crippen LogP contribution in [0.3, 0.4) is 0 Å². The zero-order valence-corrected chi connectivity index (χ0v) is 8.33. The van der Waals surface area contributed by atoms with Crippen LogP contribution in [0.15, 0.2) is 24.3 Å². The van der Waals surface area contributed by atoms with E-state index in [2.05, 4.69) is 36.9 Å². The molecular formula is C12H16N. The number of anilines is 1. The van der Waals surface area contributed by atoms with Crippen LogP contribution in [0.1, 0.15) is 26.7 Å². The van der Waals surface area contributed by atoms with E-state index in [1.807, 2.05) is 12.1 Å². The van der Waals surface area contributed by atoms with Crippen molar-refractivity contribution in [3.63, 3.8) is 0 Å². The smallest absolute Gasteiger partial charge is 0.0371 e. The normalized spacial score (nSPS) is 28.0. The summed E-state index contributed by atoms with van der Waals surface area (Å²) in [5.41, 5.74) is 1.34. The Kier molecular flexibility index (Phi) is 2.26. The fraction of sp³-hybridized carbons (Fsp3) is 0.500. The van der Waals surface area contributed by atoms with E-state index in [1.54, 1.807) is 0 Å². The molecule has 13 heavy (non-hydrogen) atoms. The fourth-order valence-electron chi connectivity index (χ4n) is 2.25. The molecular weight excluding hydrogens is 158 g/mol. The highest BCUT2D eigenvalue weighted by Gasteiger charge is 2.26. The lowest BCUT2D eigenvalue weighted by Gasteiger charge is -2.28. The van der Waals surface area contributed by atoms with Crippen molar-refractivity contribution in [3.05, 3.63) is 30.3 Å². The molecule has 1 nitrogen and oxygen atoms in total. The number of benzene rings is 1. The maximum Gasteiger partial charge on any atom is 0.0371 e. The molecule has 0 N–H and O–H groups in total. The SMILES string of the molecule is CC1CCC(C)N1c1cc[c]cc1. The third-order valence-corrected chi connectivity index (χ3v) is 2.95. The second-order valence-electron chi connectivity index (χ2n) is 3.94. The number of hydrogen-bond acceptors (Lipinski definition) is 1. The highest BCUT2D eigenvalue weighted by atomic mass is 15.2.